The van der Waals surface area contributed by atoms with Crippen molar-refractivity contribution in [1.29, 1.82) is 0 Å². The van der Waals surface area contributed by atoms with Gasteiger partial charge in [-0.05, 0) is 38.1 Å². The van der Waals surface area contributed by atoms with Crippen molar-refractivity contribution in [3.63, 3.8) is 0 Å². The molecule has 6 nitrogen and oxygen atoms in total. The molecule has 0 saturated heterocycles. The van der Waals surface area contributed by atoms with Crippen LogP contribution in [0.1, 0.15) is 11.4 Å². The molecule has 0 unspecified atom stereocenters. The fourth-order valence-corrected chi connectivity index (χ4v) is 2.53. The Kier molecular flexibility index (Phi) is 3.25. The molecular formula is C12H14N4O2S. The van der Waals surface area contributed by atoms with Gasteiger partial charge in [-0.1, -0.05) is 0 Å². The molecule has 2 aromatic rings. The van der Waals surface area contributed by atoms with E-state index in [-0.39, 0.29) is 4.90 Å². The van der Waals surface area contributed by atoms with Gasteiger partial charge in [-0.3, -0.25) is 0 Å². The first kappa shape index (κ1) is 13.4. The average molecular weight is 278 g/mol. The van der Waals surface area contributed by atoms with Gasteiger partial charge in [0.1, 0.15) is 0 Å². The number of anilines is 1. The number of primary sulfonamides is 1. The van der Waals surface area contributed by atoms with Crippen molar-refractivity contribution < 1.29 is 8.42 Å². The van der Waals surface area contributed by atoms with E-state index in [0.29, 0.717) is 17.1 Å². The topological polar surface area (TPSA) is 112 Å². The van der Waals surface area contributed by atoms with Crippen LogP contribution in [0.2, 0.25) is 0 Å². The standard InChI is InChI=1S/C12H14N4O2S/c1-7-5-8(2)16-12(15-7)10-6-9(13)3-4-11(10)19(14,17)18/h3-6H,13H2,1-2H3,(H2,14,17,18). The van der Waals surface area contributed by atoms with Crippen molar-refractivity contribution in [1.82, 2.24) is 9.97 Å². The molecule has 1 aromatic carbocycles. The number of hydrogen-bond donors (Lipinski definition) is 2. The van der Waals surface area contributed by atoms with Crippen molar-refractivity contribution in [2.24, 2.45) is 5.14 Å². The summed E-state index contributed by atoms with van der Waals surface area (Å²) in [7, 11) is -3.86. The largest absolute Gasteiger partial charge is 0.399 e. The fraction of sp³-hybridized carbons (Fsp3) is 0.167. The molecule has 0 aliphatic rings. The number of nitrogen functional groups attached to an aromatic ring is 1. The molecule has 0 bridgehead atoms. The lowest BCUT2D eigenvalue weighted by Gasteiger charge is -2.09. The molecule has 0 amide bonds. The Hall–Kier alpha value is -1.99. The summed E-state index contributed by atoms with van der Waals surface area (Å²) < 4.78 is 23.2. The van der Waals surface area contributed by atoms with Gasteiger partial charge >= 0.3 is 0 Å². The maximum Gasteiger partial charge on any atom is 0.238 e. The Morgan fingerprint density at radius 1 is 1.05 bits per heavy atom. The van der Waals surface area contributed by atoms with Gasteiger partial charge in [-0.25, -0.2) is 23.5 Å². The molecule has 0 atom stereocenters. The van der Waals surface area contributed by atoms with Crippen LogP contribution in [-0.4, -0.2) is 18.4 Å². The van der Waals surface area contributed by atoms with Gasteiger partial charge in [0.25, 0.3) is 0 Å². The van der Waals surface area contributed by atoms with Crippen LogP contribution in [0, 0.1) is 13.8 Å². The van der Waals surface area contributed by atoms with Gasteiger partial charge in [0.2, 0.25) is 10.0 Å². The first-order valence-corrected chi connectivity index (χ1v) is 7.07. The molecule has 0 aliphatic heterocycles. The van der Waals surface area contributed by atoms with Crippen LogP contribution in [0.25, 0.3) is 11.4 Å². The van der Waals surface area contributed by atoms with Crippen molar-refractivity contribution in [2.45, 2.75) is 18.7 Å². The van der Waals surface area contributed by atoms with Crippen molar-refractivity contribution in [3.8, 4) is 11.4 Å². The molecule has 4 N–H and O–H groups in total. The zero-order chi connectivity index (χ0) is 14.2. The van der Waals surface area contributed by atoms with E-state index in [1.807, 2.05) is 0 Å². The Labute approximate surface area is 111 Å². The highest BCUT2D eigenvalue weighted by Gasteiger charge is 2.17. The molecular weight excluding hydrogens is 264 g/mol. The minimum atomic E-state index is -3.86. The van der Waals surface area contributed by atoms with E-state index in [9.17, 15) is 8.42 Å². The molecule has 2 rings (SSSR count). The van der Waals surface area contributed by atoms with E-state index in [1.54, 1.807) is 19.9 Å². The number of hydrogen-bond acceptors (Lipinski definition) is 5. The third kappa shape index (κ3) is 2.88. The maximum absolute atomic E-state index is 11.6. The van der Waals surface area contributed by atoms with E-state index in [0.717, 1.165) is 11.4 Å². The van der Waals surface area contributed by atoms with E-state index in [4.69, 9.17) is 10.9 Å². The Bertz CT molecular complexity index is 721. The summed E-state index contributed by atoms with van der Waals surface area (Å²) >= 11 is 0. The summed E-state index contributed by atoms with van der Waals surface area (Å²) in [6, 6.07) is 6.15. The number of nitrogens with two attached hydrogens (primary N) is 2. The number of aromatic nitrogens is 2. The molecule has 100 valence electrons. The molecule has 0 fully saturated rings. The normalized spacial score (nSPS) is 11.5. The quantitative estimate of drug-likeness (QED) is 0.795. The minimum absolute atomic E-state index is 0.0355. The lowest BCUT2D eigenvalue weighted by molar-refractivity contribution is 0.598. The minimum Gasteiger partial charge on any atom is -0.399 e. The lowest BCUT2D eigenvalue weighted by Crippen LogP contribution is -2.14. The van der Waals surface area contributed by atoms with Gasteiger partial charge in [-0.15, -0.1) is 0 Å². The van der Waals surface area contributed by atoms with Crippen LogP contribution in [-0.2, 0) is 10.0 Å². The maximum atomic E-state index is 11.6. The highest BCUT2D eigenvalue weighted by atomic mass is 32.2. The van der Waals surface area contributed by atoms with E-state index < -0.39 is 10.0 Å². The third-order valence-electron chi connectivity index (χ3n) is 2.53. The molecule has 1 aromatic heterocycles. The second-order valence-corrected chi connectivity index (χ2v) is 5.80. The predicted octanol–water partition coefficient (Wildman–Crippen LogP) is 0.990. The first-order valence-electron chi connectivity index (χ1n) is 5.52. The summed E-state index contributed by atoms with van der Waals surface area (Å²) in [6.45, 7) is 3.61. The monoisotopic (exact) mass is 278 g/mol. The highest BCUT2D eigenvalue weighted by Crippen LogP contribution is 2.26. The second-order valence-electron chi connectivity index (χ2n) is 4.27. The summed E-state index contributed by atoms with van der Waals surface area (Å²) in [4.78, 5) is 8.43. The number of benzene rings is 1. The van der Waals surface area contributed by atoms with Crippen LogP contribution in [0.15, 0.2) is 29.2 Å². The van der Waals surface area contributed by atoms with Crippen LogP contribution in [0.3, 0.4) is 0 Å². The molecule has 7 heteroatoms. The van der Waals surface area contributed by atoms with Crippen LogP contribution < -0.4 is 10.9 Å². The van der Waals surface area contributed by atoms with Gasteiger partial charge in [0.05, 0.1) is 4.90 Å². The Morgan fingerprint density at radius 3 is 2.16 bits per heavy atom. The lowest BCUT2D eigenvalue weighted by atomic mass is 10.2. The van der Waals surface area contributed by atoms with Crippen molar-refractivity contribution in [2.75, 3.05) is 5.73 Å². The van der Waals surface area contributed by atoms with Crippen LogP contribution in [0.5, 0.6) is 0 Å². The Morgan fingerprint density at radius 2 is 1.63 bits per heavy atom. The molecule has 0 saturated carbocycles. The average Bonchev–Trinajstić information content (AvgIpc) is 2.25. The van der Waals surface area contributed by atoms with Crippen LogP contribution in [0.4, 0.5) is 5.69 Å². The zero-order valence-electron chi connectivity index (χ0n) is 10.6. The first-order chi connectivity index (χ1) is 8.77. The van der Waals surface area contributed by atoms with Crippen LogP contribution >= 0.6 is 0 Å². The second kappa shape index (κ2) is 4.60. The molecule has 0 spiro atoms. The summed E-state index contributed by atoms with van der Waals surface area (Å²) in [5.74, 6) is 0.300. The Balaban J connectivity index is 2.77. The molecule has 1 heterocycles. The van der Waals surface area contributed by atoms with Crippen molar-refractivity contribution in [3.05, 3.63) is 35.7 Å². The van der Waals surface area contributed by atoms with Gasteiger partial charge < -0.3 is 5.73 Å². The van der Waals surface area contributed by atoms with Gasteiger partial charge in [0, 0.05) is 22.6 Å². The SMILES string of the molecule is Cc1cc(C)nc(-c2cc(N)ccc2S(N)(=O)=O)n1. The van der Waals surface area contributed by atoms with Gasteiger partial charge in [0.15, 0.2) is 5.82 Å². The predicted molar refractivity (Wildman–Crippen MR) is 72.7 cm³/mol. The highest BCUT2D eigenvalue weighted by molar-refractivity contribution is 7.89. The summed E-state index contributed by atoms with van der Waals surface area (Å²) in [5.41, 5.74) is 7.91. The smallest absolute Gasteiger partial charge is 0.238 e. The van der Waals surface area contributed by atoms with E-state index >= 15 is 0 Å². The van der Waals surface area contributed by atoms with Gasteiger partial charge in [-0.2, -0.15) is 0 Å². The summed E-state index contributed by atoms with van der Waals surface area (Å²) in [6.07, 6.45) is 0. The number of nitrogens with zero attached hydrogens (tertiary/aromatic N) is 2. The third-order valence-corrected chi connectivity index (χ3v) is 3.50. The molecule has 0 radical (unpaired) electrons. The zero-order valence-corrected chi connectivity index (χ0v) is 11.4. The molecule has 19 heavy (non-hydrogen) atoms. The molecule has 0 aliphatic carbocycles. The fourth-order valence-electron chi connectivity index (χ4n) is 1.82. The number of sulfonamides is 1. The number of rotatable bonds is 2. The van der Waals surface area contributed by atoms with Crippen molar-refractivity contribution >= 4 is 15.7 Å². The van der Waals surface area contributed by atoms with E-state index in [2.05, 4.69) is 9.97 Å². The van der Waals surface area contributed by atoms with E-state index in [1.165, 1.54) is 18.2 Å². The summed E-state index contributed by atoms with van der Waals surface area (Å²) in [5, 5.41) is 5.20. The number of aryl methyl sites for hydroxylation is 2.